The van der Waals surface area contributed by atoms with Gasteiger partial charge in [0.05, 0.1) is 12.5 Å². The van der Waals surface area contributed by atoms with Crippen molar-refractivity contribution in [3.05, 3.63) is 32.6 Å². The highest BCUT2D eigenvalue weighted by molar-refractivity contribution is 6.18. The number of hydrogen-bond donors (Lipinski definition) is 2. The molecular weight excluding hydrogens is 260 g/mol. The normalized spacial score (nSPS) is 27.6. The summed E-state index contributed by atoms with van der Waals surface area (Å²) in [5.74, 6) is 0.164. The third-order valence-corrected chi connectivity index (χ3v) is 3.71. The summed E-state index contributed by atoms with van der Waals surface area (Å²) in [7, 11) is 0. The van der Waals surface area contributed by atoms with Crippen LogP contribution in [0.2, 0.25) is 0 Å². The van der Waals surface area contributed by atoms with E-state index in [9.17, 15) is 14.7 Å². The highest BCUT2D eigenvalue weighted by Crippen LogP contribution is 2.36. The summed E-state index contributed by atoms with van der Waals surface area (Å²) in [5, 5.41) is 9.29. The van der Waals surface area contributed by atoms with Crippen LogP contribution in [0.15, 0.2) is 15.8 Å². The molecule has 1 fully saturated rings. The van der Waals surface area contributed by atoms with E-state index in [1.165, 1.54) is 10.8 Å². The van der Waals surface area contributed by atoms with Crippen LogP contribution in [0.4, 0.5) is 0 Å². The summed E-state index contributed by atoms with van der Waals surface area (Å²) >= 11 is 5.78. The Kier molecular flexibility index (Phi) is 3.61. The molecule has 2 unspecified atom stereocenters. The Morgan fingerprint density at radius 3 is 2.94 bits per heavy atom. The highest BCUT2D eigenvalue weighted by atomic mass is 35.5. The van der Waals surface area contributed by atoms with Gasteiger partial charge in [-0.3, -0.25) is 14.3 Å². The van der Waals surface area contributed by atoms with Crippen molar-refractivity contribution in [2.24, 2.45) is 0 Å². The van der Waals surface area contributed by atoms with Crippen LogP contribution in [0.3, 0.4) is 0 Å². The SMILES string of the molecule is Cc1cn(C2CCC(CO)(CCl)O2)c(=O)[nH]c1=O. The van der Waals surface area contributed by atoms with Crippen molar-refractivity contribution in [2.75, 3.05) is 12.5 Å². The molecule has 1 aliphatic rings. The number of alkyl halides is 1. The molecule has 2 heterocycles. The predicted molar refractivity (Wildman–Crippen MR) is 66.0 cm³/mol. The fraction of sp³-hybridized carbons (Fsp3) is 0.636. The van der Waals surface area contributed by atoms with Gasteiger partial charge in [-0.2, -0.15) is 0 Å². The van der Waals surface area contributed by atoms with Crippen LogP contribution >= 0.6 is 11.6 Å². The van der Waals surface area contributed by atoms with Crippen LogP contribution in [0.5, 0.6) is 0 Å². The van der Waals surface area contributed by atoms with E-state index in [4.69, 9.17) is 16.3 Å². The van der Waals surface area contributed by atoms with Crippen LogP contribution in [0.25, 0.3) is 0 Å². The number of aryl methyl sites for hydroxylation is 1. The Morgan fingerprint density at radius 2 is 2.39 bits per heavy atom. The summed E-state index contributed by atoms with van der Waals surface area (Å²) in [6.07, 6.45) is 2.10. The van der Waals surface area contributed by atoms with Gasteiger partial charge in [0.15, 0.2) is 0 Å². The van der Waals surface area contributed by atoms with Gasteiger partial charge in [0.1, 0.15) is 11.8 Å². The van der Waals surface area contributed by atoms with Gasteiger partial charge in [-0.25, -0.2) is 4.79 Å². The summed E-state index contributed by atoms with van der Waals surface area (Å²) in [5.41, 5.74) is -1.28. The molecule has 0 aliphatic carbocycles. The minimum absolute atomic E-state index is 0.164. The van der Waals surface area contributed by atoms with E-state index in [2.05, 4.69) is 4.98 Å². The average Bonchev–Trinajstić information content (AvgIpc) is 2.79. The maximum atomic E-state index is 11.7. The van der Waals surface area contributed by atoms with Crippen LogP contribution in [0, 0.1) is 6.92 Å². The van der Waals surface area contributed by atoms with E-state index in [-0.39, 0.29) is 12.5 Å². The molecule has 1 aliphatic heterocycles. The molecule has 0 radical (unpaired) electrons. The Hall–Kier alpha value is -1.11. The van der Waals surface area contributed by atoms with E-state index in [1.807, 2.05) is 0 Å². The van der Waals surface area contributed by atoms with Gasteiger partial charge in [-0.05, 0) is 19.8 Å². The van der Waals surface area contributed by atoms with Gasteiger partial charge < -0.3 is 9.84 Å². The van der Waals surface area contributed by atoms with E-state index in [0.29, 0.717) is 18.4 Å². The molecule has 18 heavy (non-hydrogen) atoms. The van der Waals surface area contributed by atoms with Crippen molar-refractivity contribution in [3.8, 4) is 0 Å². The summed E-state index contributed by atoms with van der Waals surface area (Å²) in [6.45, 7) is 1.43. The van der Waals surface area contributed by atoms with Gasteiger partial charge >= 0.3 is 5.69 Å². The largest absolute Gasteiger partial charge is 0.393 e. The fourth-order valence-electron chi connectivity index (χ4n) is 2.05. The van der Waals surface area contributed by atoms with Crippen molar-refractivity contribution in [1.29, 1.82) is 0 Å². The van der Waals surface area contributed by atoms with Gasteiger partial charge in [0.25, 0.3) is 5.56 Å². The number of aromatic nitrogens is 2. The Bertz CT molecular complexity index is 547. The smallest absolute Gasteiger partial charge is 0.330 e. The summed E-state index contributed by atoms with van der Waals surface area (Å²) in [4.78, 5) is 25.2. The van der Waals surface area contributed by atoms with Crippen LogP contribution in [-0.2, 0) is 4.74 Å². The molecular formula is C11H15ClN2O4. The molecule has 0 spiro atoms. The first kappa shape index (κ1) is 13.3. The molecule has 7 heteroatoms. The quantitative estimate of drug-likeness (QED) is 0.767. The topological polar surface area (TPSA) is 84.3 Å². The zero-order valence-corrected chi connectivity index (χ0v) is 10.7. The molecule has 2 rings (SSSR count). The standard InChI is InChI=1S/C11H15ClN2O4/c1-7-4-14(10(17)13-9(7)16)8-2-3-11(5-12,6-15)18-8/h4,8,15H,2-3,5-6H2,1H3,(H,13,16,17). The lowest BCUT2D eigenvalue weighted by molar-refractivity contribution is -0.0860. The number of aromatic amines is 1. The van der Waals surface area contributed by atoms with E-state index < -0.39 is 23.1 Å². The lowest BCUT2D eigenvalue weighted by Gasteiger charge is -2.24. The molecule has 1 aromatic rings. The second-order valence-corrected chi connectivity index (χ2v) is 4.83. The van der Waals surface area contributed by atoms with Crippen molar-refractivity contribution in [3.63, 3.8) is 0 Å². The van der Waals surface area contributed by atoms with Crippen molar-refractivity contribution in [1.82, 2.24) is 9.55 Å². The molecule has 0 bridgehead atoms. The zero-order valence-electron chi connectivity index (χ0n) is 9.98. The first-order valence-electron chi connectivity index (χ1n) is 5.68. The third kappa shape index (κ3) is 2.23. The molecule has 0 saturated carbocycles. The molecule has 2 N–H and O–H groups in total. The number of ether oxygens (including phenoxy) is 1. The lowest BCUT2D eigenvalue weighted by atomic mass is 10.0. The van der Waals surface area contributed by atoms with Crippen LogP contribution in [0.1, 0.15) is 24.6 Å². The Balaban J connectivity index is 2.33. The first-order chi connectivity index (χ1) is 8.51. The van der Waals surface area contributed by atoms with E-state index in [1.54, 1.807) is 6.92 Å². The molecule has 6 nitrogen and oxygen atoms in total. The van der Waals surface area contributed by atoms with Gasteiger partial charge in [-0.1, -0.05) is 0 Å². The van der Waals surface area contributed by atoms with Crippen molar-refractivity contribution in [2.45, 2.75) is 31.6 Å². The van der Waals surface area contributed by atoms with Crippen molar-refractivity contribution >= 4 is 11.6 Å². The molecule has 1 saturated heterocycles. The Morgan fingerprint density at radius 1 is 1.67 bits per heavy atom. The van der Waals surface area contributed by atoms with Gasteiger partial charge in [0, 0.05) is 11.8 Å². The highest BCUT2D eigenvalue weighted by Gasteiger charge is 2.40. The number of rotatable bonds is 3. The maximum Gasteiger partial charge on any atom is 0.330 e. The Labute approximate surface area is 108 Å². The third-order valence-electron chi connectivity index (χ3n) is 3.22. The fourth-order valence-corrected chi connectivity index (χ4v) is 2.33. The summed E-state index contributed by atoms with van der Waals surface area (Å²) in [6, 6.07) is 0. The van der Waals surface area contributed by atoms with E-state index >= 15 is 0 Å². The van der Waals surface area contributed by atoms with Crippen molar-refractivity contribution < 1.29 is 9.84 Å². The number of halogens is 1. The number of nitrogens with zero attached hydrogens (tertiary/aromatic N) is 1. The molecule has 2 atom stereocenters. The number of nitrogens with one attached hydrogen (secondary N) is 1. The molecule has 1 aromatic heterocycles. The molecule has 100 valence electrons. The minimum atomic E-state index is -0.796. The van der Waals surface area contributed by atoms with Gasteiger partial charge in [0.2, 0.25) is 0 Å². The summed E-state index contributed by atoms with van der Waals surface area (Å²) < 4.78 is 7.00. The zero-order chi connectivity index (χ0) is 13.3. The maximum absolute atomic E-state index is 11.7. The number of aliphatic hydroxyl groups excluding tert-OH is 1. The second kappa shape index (κ2) is 4.87. The lowest BCUT2D eigenvalue weighted by Crippen LogP contribution is -2.38. The van der Waals surface area contributed by atoms with Gasteiger partial charge in [-0.15, -0.1) is 11.6 Å². The second-order valence-electron chi connectivity index (χ2n) is 4.56. The predicted octanol–water partition coefficient (Wildman–Crippen LogP) is 0.124. The number of H-pyrrole nitrogens is 1. The van der Waals surface area contributed by atoms with Crippen LogP contribution in [-0.4, -0.2) is 32.7 Å². The average molecular weight is 275 g/mol. The number of hydrogen-bond acceptors (Lipinski definition) is 4. The molecule has 0 aromatic carbocycles. The monoisotopic (exact) mass is 274 g/mol. The molecule has 0 amide bonds. The van der Waals surface area contributed by atoms with E-state index in [0.717, 1.165) is 0 Å². The minimum Gasteiger partial charge on any atom is -0.393 e. The number of aliphatic hydroxyl groups is 1. The van der Waals surface area contributed by atoms with Crippen LogP contribution < -0.4 is 11.2 Å². The first-order valence-corrected chi connectivity index (χ1v) is 6.21.